The van der Waals surface area contributed by atoms with E-state index in [0.29, 0.717) is 4.31 Å². The predicted octanol–water partition coefficient (Wildman–Crippen LogP) is 0.418. The number of sulfonamides is 1. The molecular weight excluding hydrogens is 233 g/mol. The molecule has 0 aromatic rings. The molecule has 0 spiro atoms. The van der Waals surface area contributed by atoms with Crippen LogP contribution in [0.25, 0.3) is 0 Å². The van der Waals surface area contributed by atoms with Crippen LogP contribution < -0.4 is 5.32 Å². The Balaban J connectivity index is 4.60. The molecule has 0 fully saturated rings. The maximum Gasteiger partial charge on any atom is 0.402 e. The lowest BCUT2D eigenvalue weighted by atomic mass is 10.5. The average Bonchev–Trinajstić information content (AvgIpc) is 2.01. The second-order valence-electron chi connectivity index (χ2n) is 3.28. The van der Waals surface area contributed by atoms with Gasteiger partial charge in [0.2, 0.25) is 10.0 Å². The molecule has 15 heavy (non-hydrogen) atoms. The first-order valence-corrected chi connectivity index (χ1v) is 5.78. The Bertz CT molecular complexity index is 289. The van der Waals surface area contributed by atoms with Crippen LogP contribution >= 0.6 is 0 Å². The molecule has 0 aliphatic heterocycles. The SMILES string of the molecule is CNCC(C)S(=O)(=O)N(C)CC(F)(F)F. The lowest BCUT2D eigenvalue weighted by molar-refractivity contribution is -0.134. The summed E-state index contributed by atoms with van der Waals surface area (Å²) < 4.78 is 59.2. The first-order chi connectivity index (χ1) is 6.61. The van der Waals surface area contributed by atoms with Gasteiger partial charge in [0.05, 0.1) is 5.25 Å². The van der Waals surface area contributed by atoms with Gasteiger partial charge in [0.25, 0.3) is 0 Å². The largest absolute Gasteiger partial charge is 0.402 e. The van der Waals surface area contributed by atoms with E-state index in [-0.39, 0.29) is 6.54 Å². The molecule has 0 aliphatic carbocycles. The zero-order valence-corrected chi connectivity index (χ0v) is 9.61. The van der Waals surface area contributed by atoms with Crippen molar-refractivity contribution >= 4 is 10.0 Å². The fourth-order valence-electron chi connectivity index (χ4n) is 1.04. The first-order valence-electron chi connectivity index (χ1n) is 4.27. The summed E-state index contributed by atoms with van der Waals surface area (Å²) in [5, 5.41) is 1.72. The van der Waals surface area contributed by atoms with Gasteiger partial charge in [-0.25, -0.2) is 8.42 Å². The third-order valence-corrected chi connectivity index (χ3v) is 4.02. The molecule has 0 heterocycles. The summed E-state index contributed by atoms with van der Waals surface area (Å²) in [6.07, 6.45) is -4.51. The Morgan fingerprint density at radius 3 is 2.20 bits per heavy atom. The topological polar surface area (TPSA) is 49.4 Å². The van der Waals surface area contributed by atoms with Gasteiger partial charge in [0.15, 0.2) is 0 Å². The minimum Gasteiger partial charge on any atom is -0.318 e. The molecule has 0 aromatic heterocycles. The van der Waals surface area contributed by atoms with E-state index in [1.54, 1.807) is 0 Å². The van der Waals surface area contributed by atoms with E-state index < -0.39 is 28.0 Å². The van der Waals surface area contributed by atoms with Crippen LogP contribution in [-0.4, -0.2) is 51.3 Å². The molecule has 1 N–H and O–H groups in total. The van der Waals surface area contributed by atoms with Crippen molar-refractivity contribution in [3.05, 3.63) is 0 Å². The maximum absolute atomic E-state index is 12.0. The molecule has 0 saturated heterocycles. The number of nitrogens with one attached hydrogen (secondary N) is 1. The van der Waals surface area contributed by atoms with Crippen LogP contribution in [0, 0.1) is 0 Å². The van der Waals surface area contributed by atoms with E-state index in [0.717, 1.165) is 7.05 Å². The Morgan fingerprint density at radius 1 is 1.40 bits per heavy atom. The zero-order chi connectivity index (χ0) is 12.3. The van der Waals surface area contributed by atoms with Crippen molar-refractivity contribution in [1.82, 2.24) is 9.62 Å². The summed E-state index contributed by atoms with van der Waals surface area (Å²) in [6.45, 7) is 0.0205. The van der Waals surface area contributed by atoms with Crippen molar-refractivity contribution in [1.29, 1.82) is 0 Å². The van der Waals surface area contributed by atoms with Gasteiger partial charge in [-0.2, -0.15) is 17.5 Å². The molecule has 0 rings (SSSR count). The molecule has 0 aliphatic rings. The first kappa shape index (κ1) is 14.7. The van der Waals surface area contributed by atoms with E-state index in [9.17, 15) is 21.6 Å². The minimum absolute atomic E-state index is 0.116. The Labute approximate surface area is 87.5 Å². The predicted molar refractivity (Wildman–Crippen MR) is 51.0 cm³/mol. The van der Waals surface area contributed by atoms with Crippen molar-refractivity contribution in [2.24, 2.45) is 0 Å². The molecule has 0 aromatic carbocycles. The fraction of sp³-hybridized carbons (Fsp3) is 1.00. The fourth-order valence-corrected chi connectivity index (χ4v) is 2.36. The van der Waals surface area contributed by atoms with Gasteiger partial charge in [-0.1, -0.05) is 0 Å². The molecular formula is C7H15F3N2O2S. The van der Waals surface area contributed by atoms with Crippen LogP contribution in [0.15, 0.2) is 0 Å². The quantitative estimate of drug-likeness (QED) is 0.767. The number of rotatable bonds is 5. The van der Waals surface area contributed by atoms with E-state index >= 15 is 0 Å². The van der Waals surface area contributed by atoms with Crippen LogP contribution in [0.5, 0.6) is 0 Å². The molecule has 1 unspecified atom stereocenters. The summed E-state index contributed by atoms with van der Waals surface area (Å²) in [6, 6.07) is 0. The number of nitrogens with zero attached hydrogens (tertiary/aromatic N) is 1. The lowest BCUT2D eigenvalue weighted by Crippen LogP contribution is -2.43. The standard InChI is InChI=1S/C7H15F3N2O2S/c1-6(4-11-2)15(13,14)12(3)5-7(8,9)10/h6,11H,4-5H2,1-3H3. The third-order valence-electron chi connectivity index (χ3n) is 1.84. The van der Waals surface area contributed by atoms with Crippen LogP contribution in [0.2, 0.25) is 0 Å². The number of hydrogen-bond donors (Lipinski definition) is 1. The van der Waals surface area contributed by atoms with Gasteiger partial charge < -0.3 is 5.32 Å². The van der Waals surface area contributed by atoms with Crippen LogP contribution in [0.3, 0.4) is 0 Å². The van der Waals surface area contributed by atoms with Gasteiger partial charge in [-0.05, 0) is 14.0 Å². The summed E-state index contributed by atoms with van der Waals surface area (Å²) in [5.41, 5.74) is 0. The second kappa shape index (κ2) is 5.13. The lowest BCUT2D eigenvalue weighted by Gasteiger charge is -2.22. The molecule has 0 radical (unpaired) electrons. The van der Waals surface area contributed by atoms with Crippen LogP contribution in [0.4, 0.5) is 13.2 Å². The van der Waals surface area contributed by atoms with E-state index in [1.165, 1.54) is 14.0 Å². The second-order valence-corrected chi connectivity index (χ2v) is 5.74. The van der Waals surface area contributed by atoms with Gasteiger partial charge >= 0.3 is 6.18 Å². The summed E-state index contributed by atoms with van der Waals surface area (Å²) in [4.78, 5) is 0. The molecule has 8 heteroatoms. The molecule has 0 bridgehead atoms. The van der Waals surface area contributed by atoms with Gasteiger partial charge in [0.1, 0.15) is 6.54 Å². The highest BCUT2D eigenvalue weighted by Crippen LogP contribution is 2.18. The van der Waals surface area contributed by atoms with Crippen molar-refractivity contribution in [3.63, 3.8) is 0 Å². The number of alkyl halides is 3. The van der Waals surface area contributed by atoms with Gasteiger partial charge in [-0.15, -0.1) is 0 Å². The summed E-state index contributed by atoms with van der Waals surface area (Å²) in [5.74, 6) is 0. The third kappa shape index (κ3) is 4.80. The van der Waals surface area contributed by atoms with Crippen LogP contribution in [0.1, 0.15) is 6.92 Å². The molecule has 0 saturated carbocycles. The van der Waals surface area contributed by atoms with E-state index in [1.807, 2.05) is 0 Å². The summed E-state index contributed by atoms with van der Waals surface area (Å²) in [7, 11) is -1.42. The molecule has 4 nitrogen and oxygen atoms in total. The minimum atomic E-state index is -4.51. The highest BCUT2D eigenvalue weighted by Gasteiger charge is 2.36. The highest BCUT2D eigenvalue weighted by atomic mass is 32.2. The maximum atomic E-state index is 12.0. The zero-order valence-electron chi connectivity index (χ0n) is 8.80. The van der Waals surface area contributed by atoms with Gasteiger partial charge in [-0.3, -0.25) is 0 Å². The Morgan fingerprint density at radius 2 is 1.87 bits per heavy atom. The van der Waals surface area contributed by atoms with Crippen molar-refractivity contribution in [3.8, 4) is 0 Å². The summed E-state index contributed by atoms with van der Waals surface area (Å²) >= 11 is 0. The Hall–Kier alpha value is -0.340. The van der Waals surface area contributed by atoms with Gasteiger partial charge in [0, 0.05) is 13.6 Å². The van der Waals surface area contributed by atoms with E-state index in [2.05, 4.69) is 5.32 Å². The molecule has 92 valence electrons. The average molecular weight is 248 g/mol. The monoisotopic (exact) mass is 248 g/mol. The van der Waals surface area contributed by atoms with Crippen molar-refractivity contribution < 1.29 is 21.6 Å². The highest BCUT2D eigenvalue weighted by molar-refractivity contribution is 7.89. The van der Waals surface area contributed by atoms with E-state index in [4.69, 9.17) is 0 Å². The normalized spacial score (nSPS) is 15.7. The Kier molecular flexibility index (Phi) is 5.01. The van der Waals surface area contributed by atoms with Crippen LogP contribution in [-0.2, 0) is 10.0 Å². The van der Waals surface area contributed by atoms with Crippen molar-refractivity contribution in [2.45, 2.75) is 18.3 Å². The van der Waals surface area contributed by atoms with Crippen molar-refractivity contribution in [2.75, 3.05) is 27.2 Å². The number of hydrogen-bond acceptors (Lipinski definition) is 3. The molecule has 0 amide bonds. The number of halogens is 3. The smallest absolute Gasteiger partial charge is 0.318 e. The molecule has 1 atom stereocenters.